The van der Waals surface area contributed by atoms with Crippen LogP contribution in [0.15, 0.2) is 40.9 Å². The molecule has 1 aromatic heterocycles. The molecule has 0 bridgehead atoms. The SMILES string of the molecule is NC(c1cccc(Br)c1)c1ccc(Cl)s1. The molecule has 0 radical (unpaired) electrons. The van der Waals surface area contributed by atoms with Crippen LogP contribution in [-0.2, 0) is 0 Å². The second kappa shape index (κ2) is 4.66. The van der Waals surface area contributed by atoms with Gasteiger partial charge in [0.25, 0.3) is 0 Å². The molecule has 0 saturated heterocycles. The summed E-state index contributed by atoms with van der Waals surface area (Å²) in [7, 11) is 0. The van der Waals surface area contributed by atoms with Crippen molar-refractivity contribution in [1.82, 2.24) is 0 Å². The zero-order valence-electron chi connectivity index (χ0n) is 7.78. The largest absolute Gasteiger partial charge is 0.320 e. The first kappa shape index (κ1) is 11.1. The standard InChI is InChI=1S/C11H9BrClNS/c12-8-3-1-2-7(6-8)11(14)9-4-5-10(13)15-9/h1-6,11H,14H2. The molecule has 0 aliphatic heterocycles. The highest BCUT2D eigenvalue weighted by atomic mass is 79.9. The maximum atomic E-state index is 6.13. The zero-order valence-corrected chi connectivity index (χ0v) is 10.9. The van der Waals surface area contributed by atoms with Crippen LogP contribution in [-0.4, -0.2) is 0 Å². The molecule has 2 N–H and O–H groups in total. The number of benzene rings is 1. The van der Waals surface area contributed by atoms with E-state index in [4.69, 9.17) is 17.3 Å². The van der Waals surface area contributed by atoms with Gasteiger partial charge >= 0.3 is 0 Å². The third-order valence-electron chi connectivity index (χ3n) is 2.11. The first-order valence-corrected chi connectivity index (χ1v) is 6.42. The van der Waals surface area contributed by atoms with Crippen LogP contribution < -0.4 is 5.73 Å². The third kappa shape index (κ3) is 2.61. The lowest BCUT2D eigenvalue weighted by molar-refractivity contribution is 0.892. The second-order valence-electron chi connectivity index (χ2n) is 3.17. The van der Waals surface area contributed by atoms with Crippen LogP contribution >= 0.6 is 38.9 Å². The Labute approximate surface area is 106 Å². The highest BCUT2D eigenvalue weighted by Crippen LogP contribution is 2.30. The monoisotopic (exact) mass is 301 g/mol. The Balaban J connectivity index is 2.32. The fourth-order valence-electron chi connectivity index (χ4n) is 1.36. The number of hydrogen-bond donors (Lipinski definition) is 1. The molecule has 0 spiro atoms. The van der Waals surface area contributed by atoms with Crippen molar-refractivity contribution in [2.45, 2.75) is 6.04 Å². The first-order chi connectivity index (χ1) is 7.16. The first-order valence-electron chi connectivity index (χ1n) is 4.43. The lowest BCUT2D eigenvalue weighted by Crippen LogP contribution is -2.09. The summed E-state index contributed by atoms with van der Waals surface area (Å²) in [6.07, 6.45) is 0. The van der Waals surface area contributed by atoms with Crippen molar-refractivity contribution < 1.29 is 0 Å². The minimum atomic E-state index is -0.0972. The summed E-state index contributed by atoms with van der Waals surface area (Å²) in [5.41, 5.74) is 7.22. The molecular weight excluding hydrogens is 294 g/mol. The van der Waals surface area contributed by atoms with Gasteiger partial charge in [-0.05, 0) is 29.8 Å². The van der Waals surface area contributed by atoms with Crippen molar-refractivity contribution in [1.29, 1.82) is 0 Å². The van der Waals surface area contributed by atoms with Gasteiger partial charge in [-0.15, -0.1) is 11.3 Å². The molecule has 2 rings (SSSR count). The average molecular weight is 303 g/mol. The Kier molecular flexibility index (Phi) is 3.46. The Morgan fingerprint density at radius 3 is 2.67 bits per heavy atom. The second-order valence-corrected chi connectivity index (χ2v) is 5.84. The molecule has 1 heterocycles. The van der Waals surface area contributed by atoms with Crippen LogP contribution in [0.25, 0.3) is 0 Å². The molecule has 1 unspecified atom stereocenters. The molecule has 78 valence electrons. The van der Waals surface area contributed by atoms with Gasteiger partial charge in [0.1, 0.15) is 0 Å². The minimum Gasteiger partial charge on any atom is -0.320 e. The predicted octanol–water partition coefficient (Wildman–Crippen LogP) is 4.21. The molecule has 1 nitrogen and oxygen atoms in total. The van der Waals surface area contributed by atoms with Gasteiger partial charge < -0.3 is 5.73 Å². The van der Waals surface area contributed by atoms with E-state index in [0.29, 0.717) is 0 Å². The van der Waals surface area contributed by atoms with Gasteiger partial charge in [-0.1, -0.05) is 39.7 Å². The Morgan fingerprint density at radius 2 is 2.07 bits per heavy atom. The zero-order chi connectivity index (χ0) is 10.8. The van der Waals surface area contributed by atoms with Crippen molar-refractivity contribution in [3.63, 3.8) is 0 Å². The van der Waals surface area contributed by atoms with E-state index in [1.807, 2.05) is 36.4 Å². The molecule has 0 amide bonds. The number of rotatable bonds is 2. The summed E-state index contributed by atoms with van der Waals surface area (Å²) >= 11 is 10.8. The van der Waals surface area contributed by atoms with Gasteiger partial charge in [0.05, 0.1) is 10.4 Å². The molecule has 0 aliphatic rings. The summed E-state index contributed by atoms with van der Waals surface area (Å²) in [5.74, 6) is 0. The highest BCUT2D eigenvalue weighted by Gasteiger charge is 2.11. The van der Waals surface area contributed by atoms with Gasteiger partial charge in [-0.2, -0.15) is 0 Å². The van der Waals surface area contributed by atoms with Crippen LogP contribution in [0.3, 0.4) is 0 Å². The smallest absolute Gasteiger partial charge is 0.0931 e. The van der Waals surface area contributed by atoms with E-state index in [1.54, 1.807) is 0 Å². The van der Waals surface area contributed by atoms with Crippen molar-refractivity contribution in [2.24, 2.45) is 5.73 Å². The Hall–Kier alpha value is -0.350. The van der Waals surface area contributed by atoms with Crippen LogP contribution in [0, 0.1) is 0 Å². The van der Waals surface area contributed by atoms with Gasteiger partial charge in [0.2, 0.25) is 0 Å². The maximum Gasteiger partial charge on any atom is 0.0931 e. The van der Waals surface area contributed by atoms with Crippen LogP contribution in [0.4, 0.5) is 0 Å². The van der Waals surface area contributed by atoms with Gasteiger partial charge in [-0.3, -0.25) is 0 Å². The summed E-state index contributed by atoms with van der Waals surface area (Å²) in [6.45, 7) is 0. The number of thiophene rings is 1. The topological polar surface area (TPSA) is 26.0 Å². The molecule has 0 aliphatic carbocycles. The van der Waals surface area contributed by atoms with Crippen LogP contribution in [0.1, 0.15) is 16.5 Å². The third-order valence-corrected chi connectivity index (χ3v) is 3.92. The maximum absolute atomic E-state index is 6.13. The average Bonchev–Trinajstić information content (AvgIpc) is 2.64. The van der Waals surface area contributed by atoms with E-state index in [9.17, 15) is 0 Å². The van der Waals surface area contributed by atoms with Gasteiger partial charge in [0, 0.05) is 9.35 Å². The van der Waals surface area contributed by atoms with E-state index in [2.05, 4.69) is 15.9 Å². The fourth-order valence-corrected chi connectivity index (χ4v) is 2.87. The minimum absolute atomic E-state index is 0.0972. The lowest BCUT2D eigenvalue weighted by atomic mass is 10.1. The van der Waals surface area contributed by atoms with E-state index < -0.39 is 0 Å². The Bertz CT molecular complexity index is 469. The van der Waals surface area contributed by atoms with Crippen molar-refractivity contribution in [3.8, 4) is 0 Å². The molecule has 15 heavy (non-hydrogen) atoms. The van der Waals surface area contributed by atoms with Gasteiger partial charge in [0.15, 0.2) is 0 Å². The number of hydrogen-bond acceptors (Lipinski definition) is 2. The molecule has 2 aromatic rings. The summed E-state index contributed by atoms with van der Waals surface area (Å²) in [4.78, 5) is 1.08. The lowest BCUT2D eigenvalue weighted by Gasteiger charge is -2.09. The van der Waals surface area contributed by atoms with E-state index in [1.165, 1.54) is 11.3 Å². The molecular formula is C11H9BrClNS. The van der Waals surface area contributed by atoms with E-state index in [-0.39, 0.29) is 6.04 Å². The Morgan fingerprint density at radius 1 is 1.27 bits per heavy atom. The highest BCUT2D eigenvalue weighted by molar-refractivity contribution is 9.10. The number of halogens is 2. The van der Waals surface area contributed by atoms with Gasteiger partial charge in [-0.25, -0.2) is 0 Å². The van der Waals surface area contributed by atoms with E-state index >= 15 is 0 Å². The van der Waals surface area contributed by atoms with Crippen LogP contribution in [0.2, 0.25) is 4.34 Å². The van der Waals surface area contributed by atoms with Crippen molar-refractivity contribution in [2.75, 3.05) is 0 Å². The summed E-state index contributed by atoms with van der Waals surface area (Å²) in [6, 6.07) is 11.8. The molecule has 0 saturated carbocycles. The molecule has 1 atom stereocenters. The molecule has 4 heteroatoms. The van der Waals surface area contributed by atoms with Crippen LogP contribution in [0.5, 0.6) is 0 Å². The summed E-state index contributed by atoms with van der Waals surface area (Å²) < 4.78 is 1.81. The summed E-state index contributed by atoms with van der Waals surface area (Å²) in [5, 5.41) is 0. The fraction of sp³-hybridized carbons (Fsp3) is 0.0909. The quantitative estimate of drug-likeness (QED) is 0.883. The molecule has 1 aromatic carbocycles. The van der Waals surface area contributed by atoms with Crippen molar-refractivity contribution in [3.05, 3.63) is 55.6 Å². The predicted molar refractivity (Wildman–Crippen MR) is 69.5 cm³/mol. The normalized spacial score (nSPS) is 12.7. The van der Waals surface area contributed by atoms with E-state index in [0.717, 1.165) is 19.2 Å². The van der Waals surface area contributed by atoms with Crippen molar-refractivity contribution >= 4 is 38.9 Å². The number of nitrogens with two attached hydrogens (primary N) is 1. The molecule has 0 fully saturated rings.